The largest absolute Gasteiger partial charge is 0.481 e. The van der Waals surface area contributed by atoms with E-state index in [1.165, 1.54) is 0 Å². The quantitative estimate of drug-likeness (QED) is 0.710. The molecule has 1 N–H and O–H groups in total. The van der Waals surface area contributed by atoms with Crippen LogP contribution in [0.2, 0.25) is 0 Å². The van der Waals surface area contributed by atoms with Crippen LogP contribution < -0.4 is 0 Å². The molecule has 15 heavy (non-hydrogen) atoms. The summed E-state index contributed by atoms with van der Waals surface area (Å²) in [6.07, 6.45) is 4.80. The number of aliphatic carboxylic acids is 1. The van der Waals surface area contributed by atoms with Gasteiger partial charge in [0, 0.05) is 0 Å². The van der Waals surface area contributed by atoms with Gasteiger partial charge in [0.05, 0.1) is 5.41 Å². The van der Waals surface area contributed by atoms with Gasteiger partial charge < -0.3 is 5.11 Å². The van der Waals surface area contributed by atoms with Crippen LogP contribution in [0.1, 0.15) is 46.0 Å². The Hall–Kier alpha value is -0.180. The average Bonchev–Trinajstić information content (AvgIpc) is 2.56. The van der Waals surface area contributed by atoms with Gasteiger partial charge in [0.25, 0.3) is 0 Å². The number of hydrogen-bond acceptors (Lipinski definition) is 2. The zero-order chi connectivity index (χ0) is 11.3. The van der Waals surface area contributed by atoms with Gasteiger partial charge in [0.15, 0.2) is 0 Å². The second-order valence-corrected chi connectivity index (χ2v) is 6.13. The molecule has 0 amide bonds. The van der Waals surface area contributed by atoms with E-state index in [9.17, 15) is 9.90 Å². The zero-order valence-electron chi connectivity index (χ0n) is 9.79. The van der Waals surface area contributed by atoms with Crippen LogP contribution in [0.5, 0.6) is 0 Å². The molecule has 1 fully saturated rings. The van der Waals surface area contributed by atoms with Crippen LogP contribution in [-0.2, 0) is 4.79 Å². The highest BCUT2D eigenvalue weighted by molar-refractivity contribution is 7.99. The molecule has 0 saturated heterocycles. The Kier molecular flexibility index (Phi) is 4.97. The summed E-state index contributed by atoms with van der Waals surface area (Å²) in [5.74, 6) is 2.28. The molecule has 0 aromatic rings. The smallest absolute Gasteiger partial charge is 0.309 e. The number of thioether (sulfide) groups is 1. The molecular weight excluding hydrogens is 208 g/mol. The normalized spacial score (nSPS) is 30.7. The second-order valence-electron chi connectivity index (χ2n) is 4.73. The predicted octanol–water partition coefficient (Wildman–Crippen LogP) is 3.41. The van der Waals surface area contributed by atoms with Crippen molar-refractivity contribution >= 4 is 17.7 Å². The lowest BCUT2D eigenvalue weighted by Gasteiger charge is -2.23. The Morgan fingerprint density at radius 2 is 2.33 bits per heavy atom. The summed E-state index contributed by atoms with van der Waals surface area (Å²) in [6.45, 7) is 4.32. The lowest BCUT2D eigenvalue weighted by Crippen LogP contribution is -2.28. The standard InChI is InChI=1S/C12H22O2S/c1-3-15-8-4-6-12(11(13)14)7-5-10(2)9-12/h10H,3-9H2,1-2H3,(H,13,14). The van der Waals surface area contributed by atoms with Crippen molar-refractivity contribution < 1.29 is 9.90 Å². The number of rotatable bonds is 6. The number of carboxylic acid groups (broad SMARTS) is 1. The fourth-order valence-corrected chi connectivity index (χ4v) is 3.22. The molecule has 1 saturated carbocycles. The van der Waals surface area contributed by atoms with Crippen molar-refractivity contribution in [3.8, 4) is 0 Å². The third-order valence-electron chi connectivity index (χ3n) is 3.46. The molecular formula is C12H22O2S. The van der Waals surface area contributed by atoms with Crippen molar-refractivity contribution in [2.75, 3.05) is 11.5 Å². The summed E-state index contributed by atoms with van der Waals surface area (Å²) in [4.78, 5) is 11.3. The monoisotopic (exact) mass is 230 g/mol. The molecule has 2 atom stereocenters. The lowest BCUT2D eigenvalue weighted by molar-refractivity contribution is -0.149. The van der Waals surface area contributed by atoms with Crippen molar-refractivity contribution in [2.24, 2.45) is 11.3 Å². The first-order chi connectivity index (χ1) is 7.10. The topological polar surface area (TPSA) is 37.3 Å². The van der Waals surface area contributed by atoms with E-state index in [0.717, 1.165) is 43.6 Å². The molecule has 0 aromatic carbocycles. The van der Waals surface area contributed by atoms with Crippen molar-refractivity contribution in [3.05, 3.63) is 0 Å². The Bertz CT molecular complexity index is 218. The molecule has 1 aliphatic carbocycles. The van der Waals surface area contributed by atoms with E-state index >= 15 is 0 Å². The van der Waals surface area contributed by atoms with Crippen LogP contribution in [-0.4, -0.2) is 22.6 Å². The van der Waals surface area contributed by atoms with E-state index in [1.807, 2.05) is 11.8 Å². The van der Waals surface area contributed by atoms with Gasteiger partial charge in [-0.15, -0.1) is 0 Å². The summed E-state index contributed by atoms with van der Waals surface area (Å²) < 4.78 is 0. The van der Waals surface area contributed by atoms with E-state index in [0.29, 0.717) is 5.92 Å². The first-order valence-corrected chi connectivity index (χ1v) is 7.07. The minimum Gasteiger partial charge on any atom is -0.481 e. The van der Waals surface area contributed by atoms with E-state index in [2.05, 4.69) is 13.8 Å². The number of carboxylic acids is 1. The summed E-state index contributed by atoms with van der Waals surface area (Å²) in [7, 11) is 0. The van der Waals surface area contributed by atoms with Crippen LogP contribution in [0.25, 0.3) is 0 Å². The Balaban J connectivity index is 2.41. The molecule has 1 aliphatic rings. The van der Waals surface area contributed by atoms with Crippen molar-refractivity contribution in [1.29, 1.82) is 0 Å². The molecule has 0 aromatic heterocycles. The fraction of sp³-hybridized carbons (Fsp3) is 0.917. The summed E-state index contributed by atoms with van der Waals surface area (Å²) in [5.41, 5.74) is -0.381. The van der Waals surface area contributed by atoms with Gasteiger partial charge in [-0.1, -0.05) is 13.8 Å². The number of carbonyl (C=O) groups is 1. The molecule has 2 nitrogen and oxygen atoms in total. The van der Waals surface area contributed by atoms with Gasteiger partial charge in [-0.05, 0) is 49.5 Å². The molecule has 0 heterocycles. The van der Waals surface area contributed by atoms with Crippen LogP contribution >= 0.6 is 11.8 Å². The van der Waals surface area contributed by atoms with Gasteiger partial charge in [-0.3, -0.25) is 4.79 Å². The third-order valence-corrected chi connectivity index (χ3v) is 4.44. The zero-order valence-corrected chi connectivity index (χ0v) is 10.6. The molecule has 0 spiro atoms. The highest BCUT2D eigenvalue weighted by Gasteiger charge is 2.43. The van der Waals surface area contributed by atoms with Crippen molar-refractivity contribution in [1.82, 2.24) is 0 Å². The average molecular weight is 230 g/mol. The molecule has 3 heteroatoms. The maximum absolute atomic E-state index is 11.3. The third kappa shape index (κ3) is 3.40. The summed E-state index contributed by atoms with van der Waals surface area (Å²) >= 11 is 1.91. The minimum absolute atomic E-state index is 0.381. The number of hydrogen-bond donors (Lipinski definition) is 1. The van der Waals surface area contributed by atoms with Gasteiger partial charge >= 0.3 is 5.97 Å². The predicted molar refractivity (Wildman–Crippen MR) is 65.3 cm³/mol. The van der Waals surface area contributed by atoms with E-state index < -0.39 is 5.97 Å². The summed E-state index contributed by atoms with van der Waals surface area (Å²) in [5, 5.41) is 9.33. The van der Waals surface area contributed by atoms with Gasteiger partial charge in [-0.25, -0.2) is 0 Å². The maximum Gasteiger partial charge on any atom is 0.309 e. The molecule has 0 aliphatic heterocycles. The first kappa shape index (κ1) is 12.9. The minimum atomic E-state index is -0.562. The van der Waals surface area contributed by atoms with E-state index in [1.54, 1.807) is 0 Å². The molecule has 2 unspecified atom stereocenters. The van der Waals surface area contributed by atoms with E-state index in [4.69, 9.17) is 0 Å². The molecule has 88 valence electrons. The fourth-order valence-electron chi connectivity index (χ4n) is 2.58. The van der Waals surface area contributed by atoms with Gasteiger partial charge in [-0.2, -0.15) is 11.8 Å². The van der Waals surface area contributed by atoms with Crippen molar-refractivity contribution in [3.63, 3.8) is 0 Å². The molecule has 0 radical (unpaired) electrons. The van der Waals surface area contributed by atoms with E-state index in [-0.39, 0.29) is 5.41 Å². The molecule has 1 rings (SSSR count). The van der Waals surface area contributed by atoms with Gasteiger partial charge in [0.1, 0.15) is 0 Å². The summed E-state index contributed by atoms with van der Waals surface area (Å²) in [6, 6.07) is 0. The Labute approximate surface area is 96.8 Å². The maximum atomic E-state index is 11.3. The highest BCUT2D eigenvalue weighted by atomic mass is 32.2. The molecule has 0 bridgehead atoms. The van der Waals surface area contributed by atoms with Crippen LogP contribution in [0.3, 0.4) is 0 Å². The SMILES string of the molecule is CCSCCCC1(C(=O)O)CCC(C)C1. The first-order valence-electron chi connectivity index (χ1n) is 5.92. The van der Waals surface area contributed by atoms with Crippen LogP contribution in [0, 0.1) is 11.3 Å². The second kappa shape index (κ2) is 5.78. The lowest BCUT2D eigenvalue weighted by atomic mass is 9.81. The van der Waals surface area contributed by atoms with Gasteiger partial charge in [0.2, 0.25) is 0 Å². The van der Waals surface area contributed by atoms with Crippen LogP contribution in [0.4, 0.5) is 0 Å². The Morgan fingerprint density at radius 1 is 1.60 bits per heavy atom. The van der Waals surface area contributed by atoms with Crippen LogP contribution in [0.15, 0.2) is 0 Å². The Morgan fingerprint density at radius 3 is 2.80 bits per heavy atom. The van der Waals surface area contributed by atoms with Crippen molar-refractivity contribution in [2.45, 2.75) is 46.0 Å². The highest BCUT2D eigenvalue weighted by Crippen LogP contribution is 2.45.